The first-order valence-electron chi connectivity index (χ1n) is 10.3. The van der Waals surface area contributed by atoms with Crippen molar-refractivity contribution in [1.29, 1.82) is 0 Å². The van der Waals surface area contributed by atoms with Gasteiger partial charge in [0.05, 0.1) is 11.0 Å². The zero-order chi connectivity index (χ0) is 19.3. The second-order valence-electron chi connectivity index (χ2n) is 7.45. The second-order valence-corrected chi connectivity index (χ2v) is 7.45. The first-order chi connectivity index (χ1) is 13.7. The van der Waals surface area contributed by atoms with Gasteiger partial charge in [0.15, 0.2) is 0 Å². The smallest absolute Gasteiger partial charge is 0.240 e. The SMILES string of the molecule is CCc1nc2ccccc2n1CC(=O)NCc1ccc(N2CCCCC2)cc1. The van der Waals surface area contributed by atoms with Crippen LogP contribution >= 0.6 is 0 Å². The predicted molar refractivity (Wildman–Crippen MR) is 113 cm³/mol. The first kappa shape index (κ1) is 18.5. The highest BCUT2D eigenvalue weighted by Crippen LogP contribution is 2.20. The zero-order valence-corrected chi connectivity index (χ0v) is 16.5. The molecule has 4 rings (SSSR count). The Labute approximate surface area is 166 Å². The van der Waals surface area contributed by atoms with Crippen molar-refractivity contribution in [3.63, 3.8) is 0 Å². The summed E-state index contributed by atoms with van der Waals surface area (Å²) < 4.78 is 2.02. The fourth-order valence-corrected chi connectivity index (χ4v) is 3.95. The van der Waals surface area contributed by atoms with Crippen LogP contribution < -0.4 is 10.2 Å². The number of hydrogen-bond donors (Lipinski definition) is 1. The molecule has 1 amide bonds. The van der Waals surface area contributed by atoms with E-state index in [2.05, 4.69) is 46.4 Å². The third kappa shape index (κ3) is 4.03. The average Bonchev–Trinajstić information content (AvgIpc) is 3.11. The normalized spacial score (nSPS) is 14.4. The molecule has 0 aliphatic carbocycles. The van der Waals surface area contributed by atoms with Crippen molar-refractivity contribution < 1.29 is 4.79 Å². The number of nitrogens with one attached hydrogen (secondary N) is 1. The van der Waals surface area contributed by atoms with E-state index in [-0.39, 0.29) is 5.91 Å². The van der Waals surface area contributed by atoms with Crippen molar-refractivity contribution in [2.24, 2.45) is 0 Å². The second kappa shape index (κ2) is 8.46. The molecule has 5 heteroatoms. The molecule has 1 N–H and O–H groups in total. The van der Waals surface area contributed by atoms with Gasteiger partial charge in [0, 0.05) is 31.7 Å². The molecule has 1 saturated heterocycles. The quantitative estimate of drug-likeness (QED) is 0.710. The van der Waals surface area contributed by atoms with Crippen molar-refractivity contribution in [1.82, 2.24) is 14.9 Å². The Morgan fingerprint density at radius 2 is 1.79 bits per heavy atom. The first-order valence-corrected chi connectivity index (χ1v) is 10.3. The molecule has 1 aromatic heterocycles. The minimum Gasteiger partial charge on any atom is -0.372 e. The van der Waals surface area contributed by atoms with Crippen LogP contribution in [0.25, 0.3) is 11.0 Å². The number of aryl methyl sites for hydroxylation is 1. The number of piperidine rings is 1. The van der Waals surface area contributed by atoms with Gasteiger partial charge < -0.3 is 14.8 Å². The molecule has 2 aromatic carbocycles. The highest BCUT2D eigenvalue weighted by atomic mass is 16.1. The fourth-order valence-electron chi connectivity index (χ4n) is 3.95. The standard InChI is InChI=1S/C23H28N4O/c1-2-22-25-20-8-4-5-9-21(20)27(22)17-23(28)24-16-18-10-12-19(13-11-18)26-14-6-3-7-15-26/h4-5,8-13H,2-3,6-7,14-17H2,1H3,(H,24,28). The number of para-hydroxylation sites is 2. The molecular formula is C23H28N4O. The van der Waals surface area contributed by atoms with E-state index >= 15 is 0 Å². The largest absolute Gasteiger partial charge is 0.372 e. The monoisotopic (exact) mass is 376 g/mol. The number of nitrogens with zero attached hydrogens (tertiary/aromatic N) is 3. The number of amides is 1. The summed E-state index contributed by atoms with van der Waals surface area (Å²) in [6.07, 6.45) is 4.70. The molecule has 0 bridgehead atoms. The molecule has 3 aromatic rings. The lowest BCUT2D eigenvalue weighted by Gasteiger charge is -2.28. The number of imidazole rings is 1. The van der Waals surface area contributed by atoms with Crippen molar-refractivity contribution in [3.05, 3.63) is 59.9 Å². The Bertz CT molecular complexity index is 939. The van der Waals surface area contributed by atoms with Crippen molar-refractivity contribution in [2.45, 2.75) is 45.7 Å². The third-order valence-electron chi connectivity index (χ3n) is 5.50. The lowest BCUT2D eigenvalue weighted by Crippen LogP contribution is -2.29. The van der Waals surface area contributed by atoms with Gasteiger partial charge in [-0.05, 0) is 49.1 Å². The number of rotatable bonds is 6. The molecule has 5 nitrogen and oxygen atoms in total. The summed E-state index contributed by atoms with van der Waals surface area (Å²) in [6, 6.07) is 16.6. The molecular weight excluding hydrogens is 348 g/mol. The number of fused-ring (bicyclic) bond motifs is 1. The molecule has 0 spiro atoms. The Hall–Kier alpha value is -2.82. The van der Waals surface area contributed by atoms with E-state index in [4.69, 9.17) is 0 Å². The molecule has 0 saturated carbocycles. The molecule has 0 unspecified atom stereocenters. The Morgan fingerprint density at radius 3 is 2.54 bits per heavy atom. The maximum absolute atomic E-state index is 12.5. The van der Waals surface area contributed by atoms with Gasteiger partial charge in [0.25, 0.3) is 0 Å². The lowest BCUT2D eigenvalue weighted by molar-refractivity contribution is -0.121. The summed E-state index contributed by atoms with van der Waals surface area (Å²) in [5, 5.41) is 3.05. The summed E-state index contributed by atoms with van der Waals surface area (Å²) >= 11 is 0. The van der Waals surface area contributed by atoms with Crippen LogP contribution in [0.1, 0.15) is 37.6 Å². The summed E-state index contributed by atoms with van der Waals surface area (Å²) in [4.78, 5) is 19.6. The van der Waals surface area contributed by atoms with Crippen LogP contribution in [-0.2, 0) is 24.3 Å². The van der Waals surface area contributed by atoms with E-state index in [0.717, 1.165) is 41.9 Å². The van der Waals surface area contributed by atoms with E-state index in [9.17, 15) is 4.79 Å². The van der Waals surface area contributed by atoms with Gasteiger partial charge >= 0.3 is 0 Å². The summed E-state index contributed by atoms with van der Waals surface area (Å²) in [6.45, 7) is 5.21. The molecule has 2 heterocycles. The number of aromatic nitrogens is 2. The number of carbonyl (C=O) groups excluding carboxylic acids is 1. The summed E-state index contributed by atoms with van der Waals surface area (Å²) in [5.41, 5.74) is 4.37. The lowest BCUT2D eigenvalue weighted by atomic mass is 10.1. The number of carbonyl (C=O) groups is 1. The van der Waals surface area contributed by atoms with Crippen LogP contribution in [0.15, 0.2) is 48.5 Å². The van der Waals surface area contributed by atoms with Crippen LogP contribution in [0, 0.1) is 0 Å². The number of anilines is 1. The number of hydrogen-bond acceptors (Lipinski definition) is 3. The van der Waals surface area contributed by atoms with Crippen LogP contribution in [0.5, 0.6) is 0 Å². The highest BCUT2D eigenvalue weighted by molar-refractivity contribution is 5.81. The van der Waals surface area contributed by atoms with Gasteiger partial charge in [0.1, 0.15) is 12.4 Å². The summed E-state index contributed by atoms with van der Waals surface area (Å²) in [5.74, 6) is 0.959. The Morgan fingerprint density at radius 1 is 1.04 bits per heavy atom. The fraction of sp³-hybridized carbons (Fsp3) is 0.391. The summed E-state index contributed by atoms with van der Waals surface area (Å²) in [7, 11) is 0. The van der Waals surface area contributed by atoms with Gasteiger partial charge in [-0.2, -0.15) is 0 Å². The van der Waals surface area contributed by atoms with Crippen LogP contribution in [0.3, 0.4) is 0 Å². The molecule has 1 aliphatic rings. The van der Waals surface area contributed by atoms with Gasteiger partial charge in [-0.25, -0.2) is 4.98 Å². The topological polar surface area (TPSA) is 50.2 Å². The van der Waals surface area contributed by atoms with Gasteiger partial charge in [-0.3, -0.25) is 4.79 Å². The maximum atomic E-state index is 12.5. The molecule has 28 heavy (non-hydrogen) atoms. The van der Waals surface area contributed by atoms with Crippen molar-refractivity contribution in [3.8, 4) is 0 Å². The van der Waals surface area contributed by atoms with Gasteiger partial charge in [-0.15, -0.1) is 0 Å². The Balaban J connectivity index is 1.37. The third-order valence-corrected chi connectivity index (χ3v) is 5.50. The zero-order valence-electron chi connectivity index (χ0n) is 16.5. The van der Waals surface area contributed by atoms with Crippen LogP contribution in [-0.4, -0.2) is 28.5 Å². The molecule has 1 fully saturated rings. The maximum Gasteiger partial charge on any atom is 0.240 e. The molecule has 1 aliphatic heterocycles. The highest BCUT2D eigenvalue weighted by Gasteiger charge is 2.13. The molecule has 0 atom stereocenters. The average molecular weight is 377 g/mol. The minimum atomic E-state index is 0.0120. The molecule has 146 valence electrons. The van der Waals surface area contributed by atoms with Gasteiger partial charge in [-0.1, -0.05) is 31.2 Å². The predicted octanol–water partition coefficient (Wildman–Crippen LogP) is 3.91. The van der Waals surface area contributed by atoms with E-state index in [1.54, 1.807) is 0 Å². The van der Waals surface area contributed by atoms with Crippen LogP contribution in [0.2, 0.25) is 0 Å². The van der Waals surface area contributed by atoms with E-state index in [0.29, 0.717) is 13.1 Å². The van der Waals surface area contributed by atoms with Crippen molar-refractivity contribution >= 4 is 22.6 Å². The van der Waals surface area contributed by atoms with Crippen LogP contribution in [0.4, 0.5) is 5.69 Å². The Kier molecular flexibility index (Phi) is 5.60. The van der Waals surface area contributed by atoms with E-state index in [1.807, 2.05) is 28.8 Å². The van der Waals surface area contributed by atoms with Gasteiger partial charge in [0.2, 0.25) is 5.91 Å². The minimum absolute atomic E-state index is 0.0120. The van der Waals surface area contributed by atoms with E-state index < -0.39 is 0 Å². The molecule has 0 radical (unpaired) electrons. The van der Waals surface area contributed by atoms with E-state index in [1.165, 1.54) is 24.9 Å². The van der Waals surface area contributed by atoms with Crippen molar-refractivity contribution in [2.75, 3.05) is 18.0 Å². The number of benzene rings is 2.